The third kappa shape index (κ3) is 6.22. The van der Waals surface area contributed by atoms with Crippen LogP contribution >= 0.6 is 0 Å². The van der Waals surface area contributed by atoms with Crippen molar-refractivity contribution >= 4 is 6.09 Å². The number of benzene rings is 1. The van der Waals surface area contributed by atoms with Crippen LogP contribution in [0.15, 0.2) is 30.3 Å². The molecule has 2 aliphatic rings. The Bertz CT molecular complexity index is 591. The molecule has 1 heterocycles. The largest absolute Gasteiger partial charge is 0.444 e. The van der Waals surface area contributed by atoms with Gasteiger partial charge in [0.25, 0.3) is 0 Å². The lowest BCUT2D eigenvalue weighted by atomic mass is 9.83. The molecular formula is C22H34N2O3. The number of hydrogen-bond acceptors (Lipinski definition) is 4. The molecular weight excluding hydrogens is 340 g/mol. The number of ether oxygens (including phenoxy) is 2. The Morgan fingerprint density at radius 3 is 2.48 bits per heavy atom. The van der Waals surface area contributed by atoms with Crippen molar-refractivity contribution in [2.45, 2.75) is 82.6 Å². The molecule has 5 heteroatoms. The molecule has 1 saturated carbocycles. The summed E-state index contributed by atoms with van der Waals surface area (Å²) in [6.45, 7) is 7.18. The van der Waals surface area contributed by atoms with Crippen molar-refractivity contribution in [3.8, 4) is 0 Å². The third-order valence-corrected chi connectivity index (χ3v) is 5.51. The number of hydrogen-bond donors (Lipinski definition) is 2. The summed E-state index contributed by atoms with van der Waals surface area (Å²) in [4.78, 5) is 12.0. The molecule has 0 radical (unpaired) electrons. The minimum absolute atomic E-state index is 0.0699. The van der Waals surface area contributed by atoms with Crippen molar-refractivity contribution in [3.05, 3.63) is 35.9 Å². The quantitative estimate of drug-likeness (QED) is 0.818. The van der Waals surface area contributed by atoms with Crippen LogP contribution in [0, 0.1) is 0 Å². The first-order chi connectivity index (χ1) is 12.9. The Morgan fingerprint density at radius 1 is 1.11 bits per heavy atom. The van der Waals surface area contributed by atoms with Gasteiger partial charge < -0.3 is 20.1 Å². The molecule has 0 bridgehead atoms. The SMILES string of the molecule is CC(C)(C)OC(=O)N[C@H]1CCN[C@H]1CO[C@H]1CC[C@@H](c2ccccc2)CC1. The first kappa shape index (κ1) is 20.2. The van der Waals surface area contributed by atoms with Crippen LogP contribution in [0.4, 0.5) is 4.79 Å². The van der Waals surface area contributed by atoms with Gasteiger partial charge in [0.2, 0.25) is 0 Å². The first-order valence-corrected chi connectivity index (χ1v) is 10.3. The molecule has 1 aliphatic carbocycles. The Labute approximate surface area is 163 Å². The number of alkyl carbamates (subject to hydrolysis) is 1. The molecule has 1 amide bonds. The lowest BCUT2D eigenvalue weighted by Gasteiger charge is -2.30. The van der Waals surface area contributed by atoms with E-state index in [1.165, 1.54) is 18.4 Å². The van der Waals surface area contributed by atoms with Crippen LogP contribution in [0.2, 0.25) is 0 Å². The maximum absolute atomic E-state index is 12.0. The van der Waals surface area contributed by atoms with E-state index in [0.29, 0.717) is 18.6 Å². The van der Waals surface area contributed by atoms with Crippen LogP contribution in [-0.2, 0) is 9.47 Å². The summed E-state index contributed by atoms with van der Waals surface area (Å²) in [6, 6.07) is 11.0. The van der Waals surface area contributed by atoms with Crippen LogP contribution in [0.3, 0.4) is 0 Å². The van der Waals surface area contributed by atoms with Crippen molar-refractivity contribution in [3.63, 3.8) is 0 Å². The highest BCUT2D eigenvalue weighted by molar-refractivity contribution is 5.68. The fourth-order valence-corrected chi connectivity index (χ4v) is 4.10. The normalized spacial score (nSPS) is 28.7. The van der Waals surface area contributed by atoms with Gasteiger partial charge in [0, 0.05) is 0 Å². The third-order valence-electron chi connectivity index (χ3n) is 5.51. The number of rotatable bonds is 5. The molecule has 0 aromatic heterocycles. The van der Waals surface area contributed by atoms with Crippen molar-refractivity contribution in [2.24, 2.45) is 0 Å². The minimum atomic E-state index is -0.473. The summed E-state index contributed by atoms with van der Waals surface area (Å²) < 4.78 is 11.6. The summed E-state index contributed by atoms with van der Waals surface area (Å²) in [6.07, 6.45) is 5.48. The number of carbonyl (C=O) groups excluding carboxylic acids is 1. The molecule has 2 atom stereocenters. The number of nitrogens with one attached hydrogen (secondary N) is 2. The van der Waals surface area contributed by atoms with Gasteiger partial charge in [-0.1, -0.05) is 30.3 Å². The molecule has 150 valence electrons. The minimum Gasteiger partial charge on any atom is -0.444 e. The molecule has 5 nitrogen and oxygen atoms in total. The lowest BCUT2D eigenvalue weighted by Crippen LogP contribution is -2.47. The summed E-state index contributed by atoms with van der Waals surface area (Å²) >= 11 is 0. The predicted octanol–water partition coefficient (Wildman–Crippen LogP) is 3.98. The van der Waals surface area contributed by atoms with Gasteiger partial charge in [-0.05, 0) is 70.9 Å². The smallest absolute Gasteiger partial charge is 0.407 e. The molecule has 1 aromatic rings. The summed E-state index contributed by atoms with van der Waals surface area (Å²) in [5.41, 5.74) is 0.981. The zero-order valence-electron chi connectivity index (χ0n) is 16.9. The van der Waals surface area contributed by atoms with E-state index in [0.717, 1.165) is 25.8 Å². The highest BCUT2D eigenvalue weighted by Crippen LogP contribution is 2.34. The maximum Gasteiger partial charge on any atom is 0.407 e. The average molecular weight is 375 g/mol. The van der Waals surface area contributed by atoms with Crippen molar-refractivity contribution in [2.75, 3.05) is 13.2 Å². The van der Waals surface area contributed by atoms with Crippen LogP contribution in [0.5, 0.6) is 0 Å². The van der Waals surface area contributed by atoms with Gasteiger partial charge in [-0.2, -0.15) is 0 Å². The van der Waals surface area contributed by atoms with Crippen LogP contribution in [0.1, 0.15) is 64.4 Å². The van der Waals surface area contributed by atoms with Crippen LogP contribution in [-0.4, -0.2) is 43.0 Å². The van der Waals surface area contributed by atoms with Gasteiger partial charge in [0.1, 0.15) is 5.60 Å². The zero-order chi connectivity index (χ0) is 19.3. The van der Waals surface area contributed by atoms with Crippen LogP contribution in [0.25, 0.3) is 0 Å². The molecule has 1 aliphatic heterocycles. The summed E-state index contributed by atoms with van der Waals surface area (Å²) in [5.74, 6) is 0.664. The maximum atomic E-state index is 12.0. The van der Waals surface area contributed by atoms with Gasteiger partial charge in [0.15, 0.2) is 0 Å². The first-order valence-electron chi connectivity index (χ1n) is 10.3. The van der Waals surface area contributed by atoms with Crippen LogP contribution < -0.4 is 10.6 Å². The molecule has 0 unspecified atom stereocenters. The van der Waals surface area contributed by atoms with Gasteiger partial charge in [-0.25, -0.2) is 4.79 Å². The molecule has 1 aromatic carbocycles. The van der Waals surface area contributed by atoms with Crippen molar-refractivity contribution < 1.29 is 14.3 Å². The molecule has 1 saturated heterocycles. The topological polar surface area (TPSA) is 59.6 Å². The standard InChI is InChI=1S/C22H34N2O3/c1-22(2,3)27-21(25)24-19-13-14-23-20(19)15-26-18-11-9-17(10-12-18)16-7-5-4-6-8-16/h4-8,17-20,23H,9-15H2,1-3H3,(H,24,25)/t17-,18+,19-,20-/m0/s1. The van der Waals surface area contributed by atoms with Gasteiger partial charge in [-0.15, -0.1) is 0 Å². The fraction of sp³-hybridized carbons (Fsp3) is 0.682. The van der Waals surface area contributed by atoms with E-state index in [-0.39, 0.29) is 18.2 Å². The van der Waals surface area contributed by atoms with E-state index >= 15 is 0 Å². The van der Waals surface area contributed by atoms with Crippen molar-refractivity contribution in [1.82, 2.24) is 10.6 Å². The van der Waals surface area contributed by atoms with Crippen molar-refractivity contribution in [1.29, 1.82) is 0 Å². The van der Waals surface area contributed by atoms with E-state index in [9.17, 15) is 4.79 Å². The lowest BCUT2D eigenvalue weighted by molar-refractivity contribution is 0.0101. The fourth-order valence-electron chi connectivity index (χ4n) is 4.10. The second kappa shape index (κ2) is 9.07. The molecule has 2 fully saturated rings. The van der Waals surface area contributed by atoms with E-state index < -0.39 is 5.60 Å². The second-order valence-corrected chi connectivity index (χ2v) is 8.82. The highest BCUT2D eigenvalue weighted by Gasteiger charge is 2.31. The van der Waals surface area contributed by atoms with Gasteiger partial charge in [-0.3, -0.25) is 0 Å². The van der Waals surface area contributed by atoms with E-state index in [4.69, 9.17) is 9.47 Å². The van der Waals surface area contributed by atoms with Gasteiger partial charge in [0.05, 0.1) is 24.8 Å². The second-order valence-electron chi connectivity index (χ2n) is 8.82. The summed E-state index contributed by atoms with van der Waals surface area (Å²) in [7, 11) is 0. The average Bonchev–Trinajstić information content (AvgIpc) is 3.06. The molecule has 3 rings (SSSR count). The highest BCUT2D eigenvalue weighted by atomic mass is 16.6. The summed E-state index contributed by atoms with van der Waals surface area (Å²) in [5, 5.41) is 6.45. The number of amides is 1. The molecule has 27 heavy (non-hydrogen) atoms. The Balaban J connectivity index is 1.40. The Morgan fingerprint density at radius 2 is 1.81 bits per heavy atom. The van der Waals surface area contributed by atoms with Gasteiger partial charge >= 0.3 is 6.09 Å². The predicted molar refractivity (Wildman–Crippen MR) is 107 cm³/mol. The molecule has 2 N–H and O–H groups in total. The Hall–Kier alpha value is -1.59. The van der Waals surface area contributed by atoms with E-state index in [1.807, 2.05) is 20.8 Å². The molecule has 0 spiro atoms. The number of carbonyl (C=O) groups is 1. The van der Waals surface area contributed by atoms with E-state index in [1.54, 1.807) is 0 Å². The van der Waals surface area contributed by atoms with E-state index in [2.05, 4.69) is 41.0 Å². The zero-order valence-corrected chi connectivity index (χ0v) is 16.9. The Kier molecular flexibility index (Phi) is 6.77. The monoisotopic (exact) mass is 374 g/mol.